The van der Waals surface area contributed by atoms with Gasteiger partial charge in [0.05, 0.1) is 12.2 Å². The summed E-state index contributed by atoms with van der Waals surface area (Å²) >= 11 is 0. The molecule has 1 heterocycles. The van der Waals surface area contributed by atoms with Crippen LogP contribution in [0.4, 0.5) is 18.0 Å². The molecule has 0 bridgehead atoms. The number of benzene rings is 2. The molecule has 9 heteroatoms. The van der Waals surface area contributed by atoms with Crippen LogP contribution < -0.4 is 4.74 Å². The van der Waals surface area contributed by atoms with Gasteiger partial charge >= 0.3 is 6.09 Å². The first-order valence-corrected chi connectivity index (χ1v) is 12.3. The van der Waals surface area contributed by atoms with Crippen molar-refractivity contribution in [2.24, 2.45) is 5.92 Å². The van der Waals surface area contributed by atoms with E-state index in [1.54, 1.807) is 46.4 Å². The van der Waals surface area contributed by atoms with Crippen LogP contribution in [0.2, 0.25) is 0 Å². The van der Waals surface area contributed by atoms with Gasteiger partial charge in [-0.05, 0) is 74.9 Å². The van der Waals surface area contributed by atoms with Crippen LogP contribution >= 0.6 is 0 Å². The third-order valence-electron chi connectivity index (χ3n) is 5.98. The summed E-state index contributed by atoms with van der Waals surface area (Å²) in [7, 11) is 0. The van der Waals surface area contributed by atoms with Crippen LogP contribution in [0.15, 0.2) is 30.3 Å². The zero-order valence-electron chi connectivity index (χ0n) is 22.2. The lowest BCUT2D eigenvalue weighted by molar-refractivity contribution is -0.530. The minimum absolute atomic E-state index is 0.0312. The monoisotopic (exact) mass is 520 g/mol. The summed E-state index contributed by atoms with van der Waals surface area (Å²) in [6, 6.07) is 6.22. The molecule has 1 amide bonds. The predicted molar refractivity (Wildman–Crippen MR) is 136 cm³/mol. The number of carbonyl (C=O) groups excluding carboxylic acids is 1. The van der Waals surface area contributed by atoms with Crippen molar-refractivity contribution in [1.29, 1.82) is 0 Å². The molecular weight excluding hydrogens is 485 g/mol. The first kappa shape index (κ1) is 28.3. The predicted octanol–water partition coefficient (Wildman–Crippen LogP) is 6.52. The highest BCUT2D eigenvalue weighted by molar-refractivity contribution is 5.78. The average Bonchev–Trinajstić information content (AvgIpc) is 2.78. The number of carbonyl (C=O) groups is 1. The lowest BCUT2D eigenvalue weighted by Gasteiger charge is -2.33. The van der Waals surface area contributed by atoms with E-state index < -0.39 is 34.3 Å². The lowest BCUT2D eigenvalue weighted by Crippen LogP contribution is -2.42. The van der Waals surface area contributed by atoms with Crippen LogP contribution in [-0.2, 0) is 4.74 Å². The minimum atomic E-state index is -0.893. The molecule has 6 nitrogen and oxygen atoms in total. The Morgan fingerprint density at radius 2 is 1.57 bits per heavy atom. The van der Waals surface area contributed by atoms with Gasteiger partial charge in [0, 0.05) is 33.9 Å². The number of hydroxylamine groups is 1. The summed E-state index contributed by atoms with van der Waals surface area (Å²) in [5.41, 5.74) is -0.820. The molecule has 0 atom stereocenters. The zero-order chi connectivity index (χ0) is 27.5. The third kappa shape index (κ3) is 7.63. The Morgan fingerprint density at radius 1 is 1.00 bits per heavy atom. The smallest absolute Gasteiger partial charge is 0.410 e. The van der Waals surface area contributed by atoms with Crippen molar-refractivity contribution in [2.45, 2.75) is 65.5 Å². The van der Waals surface area contributed by atoms with Gasteiger partial charge in [-0.1, -0.05) is 6.07 Å². The topological polar surface area (TPSA) is 64.8 Å². The molecule has 2 aromatic rings. The molecule has 0 N–H and O–H groups in total. The number of nitrogens with zero attached hydrogens (tertiary/aromatic N) is 2. The van der Waals surface area contributed by atoms with E-state index >= 15 is 0 Å². The second kappa shape index (κ2) is 11.0. The standard InChI is InChI=1S/C28H35F3N2O4/c1-27(2,3)33(35)16-20-8-7-19(13-22(20)29)21-14-23(30)25(24(31)15-21)36-17-18-9-11-32(12-10-18)26(34)37-28(4,5)6/h7-8,13-16,18H,9-12,17H2,1-6H3/b33-16-. The van der Waals surface area contributed by atoms with Crippen molar-refractivity contribution >= 4 is 12.3 Å². The molecule has 1 saturated heterocycles. The molecule has 0 unspecified atom stereocenters. The van der Waals surface area contributed by atoms with Crippen LogP contribution in [0.25, 0.3) is 11.1 Å². The van der Waals surface area contributed by atoms with E-state index in [9.17, 15) is 23.2 Å². The molecule has 0 saturated carbocycles. The van der Waals surface area contributed by atoms with E-state index in [-0.39, 0.29) is 35.3 Å². The van der Waals surface area contributed by atoms with Gasteiger partial charge in [0.2, 0.25) is 0 Å². The molecule has 3 rings (SSSR count). The molecule has 1 aliphatic heterocycles. The maximum Gasteiger partial charge on any atom is 0.410 e. The molecule has 37 heavy (non-hydrogen) atoms. The Balaban J connectivity index is 1.64. The van der Waals surface area contributed by atoms with Crippen LogP contribution in [0.5, 0.6) is 5.75 Å². The summed E-state index contributed by atoms with van der Waals surface area (Å²) in [6.07, 6.45) is 2.02. The molecule has 2 aromatic carbocycles. The van der Waals surface area contributed by atoms with E-state index in [1.807, 2.05) is 0 Å². The van der Waals surface area contributed by atoms with E-state index in [1.165, 1.54) is 12.1 Å². The number of likely N-dealkylation sites (tertiary alicyclic amines) is 1. The Kier molecular flexibility index (Phi) is 8.45. The van der Waals surface area contributed by atoms with Crippen molar-refractivity contribution in [3.63, 3.8) is 0 Å². The number of piperidine rings is 1. The Morgan fingerprint density at radius 3 is 2.08 bits per heavy atom. The van der Waals surface area contributed by atoms with Gasteiger partial charge in [-0.3, -0.25) is 0 Å². The molecule has 1 fully saturated rings. The van der Waals surface area contributed by atoms with Gasteiger partial charge in [-0.2, -0.15) is 0 Å². The van der Waals surface area contributed by atoms with Gasteiger partial charge in [-0.15, -0.1) is 0 Å². The molecule has 202 valence electrons. The fraction of sp³-hybridized carbons (Fsp3) is 0.500. The van der Waals surface area contributed by atoms with Gasteiger partial charge in [0.1, 0.15) is 11.4 Å². The van der Waals surface area contributed by atoms with Gasteiger partial charge in [0.25, 0.3) is 0 Å². The van der Waals surface area contributed by atoms with Gasteiger partial charge < -0.3 is 19.6 Å². The SMILES string of the molecule is CC(C)(C)OC(=O)N1CCC(COc2c(F)cc(-c3ccc(/C=[N+](\[O-])C(C)(C)C)c(F)c3)cc2F)CC1. The fourth-order valence-electron chi connectivity index (χ4n) is 3.81. The van der Waals surface area contributed by atoms with Crippen molar-refractivity contribution in [1.82, 2.24) is 4.90 Å². The van der Waals surface area contributed by atoms with Crippen molar-refractivity contribution in [3.05, 3.63) is 58.6 Å². The van der Waals surface area contributed by atoms with E-state index in [0.717, 1.165) is 24.4 Å². The number of ether oxygens (including phenoxy) is 2. The number of halogens is 3. The molecule has 0 aliphatic carbocycles. The number of amides is 1. The van der Waals surface area contributed by atoms with Crippen molar-refractivity contribution in [2.75, 3.05) is 19.7 Å². The van der Waals surface area contributed by atoms with Crippen molar-refractivity contribution in [3.8, 4) is 16.9 Å². The molecule has 1 aliphatic rings. The van der Waals surface area contributed by atoms with E-state index in [0.29, 0.717) is 30.7 Å². The molecule has 0 aromatic heterocycles. The second-order valence-electron chi connectivity index (χ2n) is 11.4. The number of rotatable bonds is 5. The Hall–Kier alpha value is -3.23. The summed E-state index contributed by atoms with van der Waals surface area (Å²) in [4.78, 5) is 13.8. The highest BCUT2D eigenvalue weighted by Gasteiger charge is 2.28. The second-order valence-corrected chi connectivity index (χ2v) is 11.4. The lowest BCUT2D eigenvalue weighted by atomic mass is 9.98. The highest BCUT2D eigenvalue weighted by atomic mass is 19.1. The highest BCUT2D eigenvalue weighted by Crippen LogP contribution is 2.31. The van der Waals surface area contributed by atoms with E-state index in [4.69, 9.17) is 9.47 Å². The quantitative estimate of drug-likeness (QED) is 0.195. The summed E-state index contributed by atoms with van der Waals surface area (Å²) in [6.45, 7) is 11.6. The Labute approximate surface area is 216 Å². The van der Waals surface area contributed by atoms with Crippen LogP contribution in [-0.4, -0.2) is 52.8 Å². The zero-order valence-corrected chi connectivity index (χ0v) is 22.2. The maximum absolute atomic E-state index is 14.8. The van der Waals surface area contributed by atoms with Gasteiger partial charge in [-0.25, -0.2) is 22.7 Å². The number of hydrogen-bond acceptors (Lipinski definition) is 4. The minimum Gasteiger partial charge on any atom is -0.623 e. The van der Waals surface area contributed by atoms with Crippen LogP contribution in [0, 0.1) is 28.6 Å². The van der Waals surface area contributed by atoms with Crippen LogP contribution in [0.3, 0.4) is 0 Å². The first-order valence-electron chi connectivity index (χ1n) is 12.3. The summed E-state index contributed by atoms with van der Waals surface area (Å²) in [5, 5.41) is 12.1. The largest absolute Gasteiger partial charge is 0.623 e. The van der Waals surface area contributed by atoms with Gasteiger partial charge in [0.15, 0.2) is 29.1 Å². The maximum atomic E-state index is 14.8. The third-order valence-corrected chi connectivity index (χ3v) is 5.98. The average molecular weight is 521 g/mol. The Bertz CT molecular complexity index is 1140. The number of hydrogen-bond donors (Lipinski definition) is 0. The van der Waals surface area contributed by atoms with Crippen molar-refractivity contribution < 1.29 is 32.2 Å². The summed E-state index contributed by atoms with van der Waals surface area (Å²) in [5.74, 6) is -2.92. The first-order chi connectivity index (χ1) is 17.1. The molecule has 0 spiro atoms. The fourth-order valence-corrected chi connectivity index (χ4v) is 3.81. The normalized spacial score (nSPS) is 15.6. The summed E-state index contributed by atoms with van der Waals surface area (Å²) < 4.78 is 55.7. The molecule has 0 radical (unpaired) electrons. The van der Waals surface area contributed by atoms with E-state index in [2.05, 4.69) is 0 Å². The molecular formula is C28H35F3N2O4. The van der Waals surface area contributed by atoms with Crippen LogP contribution in [0.1, 0.15) is 59.9 Å².